The number of aliphatic hydroxyl groups is 5. The number of benzene rings is 1. The third-order valence-electron chi connectivity index (χ3n) is 4.40. The zero-order valence-electron chi connectivity index (χ0n) is 13.4. The molecule has 0 bridgehead atoms. The second-order valence-electron chi connectivity index (χ2n) is 6.02. The van der Waals surface area contributed by atoms with Crippen LogP contribution in [0.4, 0.5) is 0 Å². The van der Waals surface area contributed by atoms with E-state index < -0.39 is 43.2 Å². The van der Waals surface area contributed by atoms with Crippen molar-refractivity contribution in [3.63, 3.8) is 0 Å². The molecule has 0 aromatic heterocycles. The number of fused-ring (bicyclic) bond motifs is 1. The zero-order valence-corrected chi connectivity index (χ0v) is 13.4. The standard InChI is InChI=1S/C16H22O9/c17-4-9(8-1-2-10-11(3-8)24-7-23-10)6-22-16-15(21)14(20)13(19)12(5-18)25-16/h1-3,9,12-21H,4-7H2/t9-,12-,13-,14+,15-,16+/m1/s1. The van der Waals surface area contributed by atoms with Gasteiger partial charge < -0.3 is 44.5 Å². The molecule has 2 aliphatic heterocycles. The van der Waals surface area contributed by atoms with Crippen molar-refractivity contribution < 1.29 is 44.5 Å². The lowest BCUT2D eigenvalue weighted by atomic mass is 9.98. The molecule has 0 aliphatic carbocycles. The first-order chi connectivity index (χ1) is 12.0. The summed E-state index contributed by atoms with van der Waals surface area (Å²) in [4.78, 5) is 0. The molecule has 140 valence electrons. The Bertz CT molecular complexity index is 579. The summed E-state index contributed by atoms with van der Waals surface area (Å²) < 4.78 is 21.3. The van der Waals surface area contributed by atoms with E-state index in [1.54, 1.807) is 18.2 Å². The molecular formula is C16H22O9. The van der Waals surface area contributed by atoms with Crippen molar-refractivity contribution in [2.24, 2.45) is 0 Å². The van der Waals surface area contributed by atoms with Crippen molar-refractivity contribution in [3.05, 3.63) is 23.8 Å². The molecule has 5 N–H and O–H groups in total. The lowest BCUT2D eigenvalue weighted by Crippen LogP contribution is -2.59. The second kappa shape index (κ2) is 7.83. The maximum absolute atomic E-state index is 9.96. The molecule has 1 aromatic carbocycles. The molecule has 0 unspecified atom stereocenters. The normalized spacial score (nSPS) is 32.6. The highest BCUT2D eigenvalue weighted by molar-refractivity contribution is 5.45. The van der Waals surface area contributed by atoms with Gasteiger partial charge in [-0.2, -0.15) is 0 Å². The smallest absolute Gasteiger partial charge is 0.231 e. The average Bonchev–Trinajstić information content (AvgIpc) is 3.10. The van der Waals surface area contributed by atoms with Gasteiger partial charge in [-0.25, -0.2) is 0 Å². The molecule has 0 saturated carbocycles. The van der Waals surface area contributed by atoms with Crippen molar-refractivity contribution in [2.45, 2.75) is 36.6 Å². The molecule has 2 aliphatic rings. The predicted octanol–water partition coefficient (Wildman–Crippen LogP) is -1.69. The van der Waals surface area contributed by atoms with E-state index in [0.717, 1.165) is 5.56 Å². The number of rotatable bonds is 6. The van der Waals surface area contributed by atoms with Gasteiger partial charge in [-0.3, -0.25) is 0 Å². The first-order valence-electron chi connectivity index (χ1n) is 7.97. The van der Waals surface area contributed by atoms with Crippen LogP contribution < -0.4 is 9.47 Å². The van der Waals surface area contributed by atoms with Gasteiger partial charge in [0.1, 0.15) is 24.4 Å². The van der Waals surface area contributed by atoms with Crippen molar-refractivity contribution in [2.75, 3.05) is 26.6 Å². The Morgan fingerprint density at radius 3 is 2.52 bits per heavy atom. The fraction of sp³-hybridized carbons (Fsp3) is 0.625. The van der Waals surface area contributed by atoms with Crippen LogP contribution in [0.1, 0.15) is 11.5 Å². The molecule has 6 atom stereocenters. The third-order valence-corrected chi connectivity index (χ3v) is 4.40. The van der Waals surface area contributed by atoms with Gasteiger partial charge in [-0.05, 0) is 17.7 Å². The van der Waals surface area contributed by atoms with Crippen LogP contribution in [0.2, 0.25) is 0 Å². The molecule has 1 fully saturated rings. The minimum Gasteiger partial charge on any atom is -0.454 e. The lowest BCUT2D eigenvalue weighted by Gasteiger charge is -2.39. The quantitative estimate of drug-likeness (QED) is 0.403. The van der Waals surface area contributed by atoms with E-state index >= 15 is 0 Å². The Kier molecular flexibility index (Phi) is 5.74. The summed E-state index contributed by atoms with van der Waals surface area (Å²) >= 11 is 0. The first-order valence-corrected chi connectivity index (χ1v) is 7.97. The van der Waals surface area contributed by atoms with Crippen LogP contribution in [0, 0.1) is 0 Å². The Balaban J connectivity index is 1.64. The van der Waals surface area contributed by atoms with Gasteiger partial charge in [0.2, 0.25) is 6.79 Å². The lowest BCUT2D eigenvalue weighted by molar-refractivity contribution is -0.302. The van der Waals surface area contributed by atoms with Crippen LogP contribution >= 0.6 is 0 Å². The summed E-state index contributed by atoms with van der Waals surface area (Å²) in [5.74, 6) is 0.765. The molecule has 2 heterocycles. The van der Waals surface area contributed by atoms with Crippen molar-refractivity contribution in [1.29, 1.82) is 0 Å². The zero-order chi connectivity index (χ0) is 18.0. The highest BCUT2D eigenvalue weighted by atomic mass is 16.7. The van der Waals surface area contributed by atoms with Gasteiger partial charge in [0.15, 0.2) is 17.8 Å². The number of ether oxygens (including phenoxy) is 4. The van der Waals surface area contributed by atoms with Gasteiger partial charge in [-0.1, -0.05) is 6.07 Å². The van der Waals surface area contributed by atoms with E-state index in [4.69, 9.17) is 18.9 Å². The Hall–Kier alpha value is -1.46. The van der Waals surface area contributed by atoms with E-state index in [9.17, 15) is 25.5 Å². The van der Waals surface area contributed by atoms with Crippen LogP contribution in [-0.2, 0) is 9.47 Å². The number of hydrogen-bond acceptors (Lipinski definition) is 9. The minimum absolute atomic E-state index is 0.0150. The van der Waals surface area contributed by atoms with Crippen LogP contribution in [0.15, 0.2) is 18.2 Å². The summed E-state index contributed by atoms with van der Waals surface area (Å²) in [5, 5.41) is 48.3. The van der Waals surface area contributed by atoms with Crippen molar-refractivity contribution >= 4 is 0 Å². The van der Waals surface area contributed by atoms with E-state index in [0.29, 0.717) is 11.5 Å². The Labute approximate surface area is 143 Å². The molecular weight excluding hydrogens is 336 g/mol. The predicted molar refractivity (Wildman–Crippen MR) is 82.1 cm³/mol. The van der Waals surface area contributed by atoms with E-state index in [1.165, 1.54) is 0 Å². The SMILES string of the molecule is OC[C@H](CO[C@H]1O[C@H](CO)[C@@H](O)[C@H](O)[C@H]1O)c1ccc2c(c1)OCO2. The van der Waals surface area contributed by atoms with E-state index in [2.05, 4.69) is 0 Å². The maximum atomic E-state index is 9.96. The highest BCUT2D eigenvalue weighted by Gasteiger charge is 2.44. The summed E-state index contributed by atoms with van der Waals surface area (Å²) in [5.41, 5.74) is 0.747. The van der Waals surface area contributed by atoms with Crippen LogP contribution in [0.3, 0.4) is 0 Å². The average molecular weight is 358 g/mol. The van der Waals surface area contributed by atoms with Gasteiger partial charge in [0.25, 0.3) is 0 Å². The first kappa shape index (κ1) is 18.3. The van der Waals surface area contributed by atoms with E-state index in [1.807, 2.05) is 0 Å². The highest BCUT2D eigenvalue weighted by Crippen LogP contribution is 2.35. The summed E-state index contributed by atoms with van der Waals surface area (Å²) in [7, 11) is 0. The van der Waals surface area contributed by atoms with Gasteiger partial charge in [0.05, 0.1) is 19.8 Å². The maximum Gasteiger partial charge on any atom is 0.231 e. The summed E-state index contributed by atoms with van der Waals surface area (Å²) in [6, 6.07) is 5.24. The summed E-state index contributed by atoms with van der Waals surface area (Å²) in [6.45, 7) is -0.629. The number of hydrogen-bond donors (Lipinski definition) is 5. The molecule has 25 heavy (non-hydrogen) atoms. The Morgan fingerprint density at radius 2 is 1.80 bits per heavy atom. The molecule has 0 radical (unpaired) electrons. The largest absolute Gasteiger partial charge is 0.454 e. The Morgan fingerprint density at radius 1 is 1.04 bits per heavy atom. The molecule has 0 spiro atoms. The molecule has 1 saturated heterocycles. The summed E-state index contributed by atoms with van der Waals surface area (Å²) in [6.07, 6.45) is -6.70. The third kappa shape index (κ3) is 3.72. The van der Waals surface area contributed by atoms with Gasteiger partial charge in [-0.15, -0.1) is 0 Å². The van der Waals surface area contributed by atoms with Gasteiger partial charge >= 0.3 is 0 Å². The molecule has 9 nitrogen and oxygen atoms in total. The van der Waals surface area contributed by atoms with Crippen LogP contribution in [0.25, 0.3) is 0 Å². The topological polar surface area (TPSA) is 138 Å². The minimum atomic E-state index is -1.51. The van der Waals surface area contributed by atoms with Gasteiger partial charge in [0, 0.05) is 5.92 Å². The monoisotopic (exact) mass is 358 g/mol. The van der Waals surface area contributed by atoms with E-state index in [-0.39, 0.29) is 20.0 Å². The van der Waals surface area contributed by atoms with Crippen molar-refractivity contribution in [3.8, 4) is 11.5 Å². The molecule has 0 amide bonds. The molecule has 3 rings (SSSR count). The second-order valence-corrected chi connectivity index (χ2v) is 6.02. The number of aliphatic hydroxyl groups excluding tert-OH is 5. The molecule has 9 heteroatoms. The van der Waals surface area contributed by atoms with Crippen LogP contribution in [0.5, 0.6) is 11.5 Å². The molecule has 1 aromatic rings. The fourth-order valence-corrected chi connectivity index (χ4v) is 2.84. The van der Waals surface area contributed by atoms with Crippen LogP contribution in [-0.4, -0.2) is 82.9 Å². The fourth-order valence-electron chi connectivity index (χ4n) is 2.84. The van der Waals surface area contributed by atoms with Crippen molar-refractivity contribution in [1.82, 2.24) is 0 Å².